The molecule has 0 bridgehead atoms. The second kappa shape index (κ2) is 11.3. The van der Waals surface area contributed by atoms with Crippen LogP contribution in [0.15, 0.2) is 72.3 Å². The molecule has 3 aromatic carbocycles. The predicted molar refractivity (Wildman–Crippen MR) is 139 cm³/mol. The van der Waals surface area contributed by atoms with Gasteiger partial charge < -0.3 is 10.1 Å². The number of carbonyl (C=O) groups is 1. The van der Waals surface area contributed by atoms with Crippen LogP contribution in [0.2, 0.25) is 0 Å². The number of ether oxygens (including phenoxy) is 1. The number of rotatable bonds is 7. The highest BCUT2D eigenvalue weighted by molar-refractivity contribution is 14.1. The summed E-state index contributed by atoms with van der Waals surface area (Å²) >= 11 is 4.44. The molecule has 0 saturated carbocycles. The molecule has 0 atom stereocenters. The van der Waals surface area contributed by atoms with Gasteiger partial charge in [-0.1, -0.05) is 60.2 Å². The van der Waals surface area contributed by atoms with Crippen LogP contribution in [0.25, 0.3) is 6.08 Å². The summed E-state index contributed by atoms with van der Waals surface area (Å²) in [6.45, 7) is 2.91. The van der Waals surface area contributed by atoms with Crippen molar-refractivity contribution in [3.8, 4) is 11.8 Å². The van der Waals surface area contributed by atoms with Gasteiger partial charge in [0, 0.05) is 6.54 Å². The summed E-state index contributed by atoms with van der Waals surface area (Å²) in [6.07, 6.45) is 1.61. The van der Waals surface area contributed by atoms with Crippen LogP contribution in [0.1, 0.15) is 22.3 Å². The van der Waals surface area contributed by atoms with E-state index in [1.165, 1.54) is 5.56 Å². The van der Waals surface area contributed by atoms with Crippen molar-refractivity contribution in [3.63, 3.8) is 0 Å². The summed E-state index contributed by atoms with van der Waals surface area (Å²) in [4.78, 5) is 12.4. The minimum absolute atomic E-state index is 0.0657. The maximum Gasteiger partial charge on any atom is 0.262 e. The van der Waals surface area contributed by atoms with Crippen LogP contribution in [0, 0.1) is 25.4 Å². The first kappa shape index (κ1) is 23.3. The predicted octanol–water partition coefficient (Wildman–Crippen LogP) is 6.01. The summed E-state index contributed by atoms with van der Waals surface area (Å²) < 4.78 is 7.89. The number of halogens is 2. The molecule has 0 aromatic heterocycles. The van der Waals surface area contributed by atoms with Crippen molar-refractivity contribution in [1.82, 2.24) is 5.32 Å². The van der Waals surface area contributed by atoms with Gasteiger partial charge in [0.05, 0.1) is 7.14 Å². The van der Waals surface area contributed by atoms with Gasteiger partial charge in [0.1, 0.15) is 24.0 Å². The van der Waals surface area contributed by atoms with E-state index in [1.807, 2.05) is 60.7 Å². The Balaban J connectivity index is 1.71. The summed E-state index contributed by atoms with van der Waals surface area (Å²) in [5.41, 5.74) is 4.13. The molecule has 1 N–H and O–H groups in total. The molecule has 0 aliphatic heterocycles. The van der Waals surface area contributed by atoms with Crippen LogP contribution in [0.5, 0.6) is 5.75 Å². The smallest absolute Gasteiger partial charge is 0.262 e. The maximum absolute atomic E-state index is 12.4. The van der Waals surface area contributed by atoms with Gasteiger partial charge in [-0.15, -0.1) is 0 Å². The molecule has 3 aromatic rings. The average molecular weight is 634 g/mol. The van der Waals surface area contributed by atoms with Gasteiger partial charge in [-0.25, -0.2) is 0 Å². The Morgan fingerprint density at radius 3 is 2.35 bits per heavy atom. The molecule has 0 radical (unpaired) electrons. The number of benzene rings is 3. The van der Waals surface area contributed by atoms with Crippen molar-refractivity contribution in [2.24, 2.45) is 0 Å². The van der Waals surface area contributed by atoms with E-state index in [0.717, 1.165) is 29.6 Å². The molecule has 4 nitrogen and oxygen atoms in total. The van der Waals surface area contributed by atoms with Crippen molar-refractivity contribution in [3.05, 3.63) is 102 Å². The van der Waals surface area contributed by atoms with E-state index >= 15 is 0 Å². The lowest BCUT2D eigenvalue weighted by atomic mass is 10.1. The second-order valence-electron chi connectivity index (χ2n) is 6.93. The number of amides is 1. The molecular formula is C25H20I2N2O2. The normalized spacial score (nSPS) is 11.0. The van der Waals surface area contributed by atoms with Crippen LogP contribution in [-0.4, -0.2) is 5.91 Å². The fourth-order valence-corrected chi connectivity index (χ4v) is 5.07. The number of nitrogens with zero attached hydrogens (tertiary/aromatic N) is 1. The molecule has 31 heavy (non-hydrogen) atoms. The highest BCUT2D eigenvalue weighted by Gasteiger charge is 2.12. The van der Waals surface area contributed by atoms with Gasteiger partial charge >= 0.3 is 0 Å². The Kier molecular flexibility index (Phi) is 8.49. The summed E-state index contributed by atoms with van der Waals surface area (Å²) in [7, 11) is 0. The lowest BCUT2D eigenvalue weighted by molar-refractivity contribution is -0.117. The topological polar surface area (TPSA) is 62.1 Å². The molecule has 0 unspecified atom stereocenters. The van der Waals surface area contributed by atoms with E-state index in [4.69, 9.17) is 4.74 Å². The fraction of sp³-hybridized carbons (Fsp3) is 0.120. The number of carbonyl (C=O) groups excluding carboxylic acids is 1. The van der Waals surface area contributed by atoms with Crippen LogP contribution in [-0.2, 0) is 17.9 Å². The standard InChI is InChI=1S/C25H20I2N2O2/c1-17-6-5-9-19(10-17)16-31-24-22(26)12-20(13-23(24)27)11-21(14-28)25(30)29-15-18-7-3-2-4-8-18/h2-13H,15-16H2,1H3,(H,29,30)/b21-11-. The van der Waals surface area contributed by atoms with E-state index in [9.17, 15) is 10.1 Å². The molecule has 156 valence electrons. The summed E-state index contributed by atoms with van der Waals surface area (Å²) in [5, 5.41) is 12.3. The van der Waals surface area contributed by atoms with Gasteiger partial charge in [0.2, 0.25) is 0 Å². The molecule has 0 fully saturated rings. The van der Waals surface area contributed by atoms with Gasteiger partial charge in [0.15, 0.2) is 0 Å². The van der Waals surface area contributed by atoms with Crippen molar-refractivity contribution < 1.29 is 9.53 Å². The monoisotopic (exact) mass is 634 g/mol. The van der Waals surface area contributed by atoms with E-state index in [-0.39, 0.29) is 5.57 Å². The number of nitriles is 1. The SMILES string of the molecule is Cc1cccc(COc2c(I)cc(/C=C(/C#N)C(=O)NCc3ccccc3)cc2I)c1. The summed E-state index contributed by atoms with van der Waals surface area (Å²) in [5.74, 6) is 0.406. The maximum atomic E-state index is 12.4. The zero-order valence-corrected chi connectivity index (χ0v) is 21.2. The van der Waals surface area contributed by atoms with Gasteiger partial charge in [0.25, 0.3) is 5.91 Å². The summed E-state index contributed by atoms with van der Waals surface area (Å²) in [6, 6.07) is 23.6. The number of nitrogens with one attached hydrogen (secondary N) is 1. The average Bonchev–Trinajstić information content (AvgIpc) is 2.76. The Labute approximate surface area is 209 Å². The Hall–Kier alpha value is -2.38. The van der Waals surface area contributed by atoms with Crippen molar-refractivity contribution in [2.75, 3.05) is 0 Å². The lowest BCUT2D eigenvalue weighted by Crippen LogP contribution is -2.23. The highest BCUT2D eigenvalue weighted by Crippen LogP contribution is 2.30. The largest absolute Gasteiger partial charge is 0.487 e. The van der Waals surface area contributed by atoms with Crippen molar-refractivity contribution in [1.29, 1.82) is 5.26 Å². The Morgan fingerprint density at radius 2 is 1.71 bits per heavy atom. The first-order valence-electron chi connectivity index (χ1n) is 9.57. The second-order valence-corrected chi connectivity index (χ2v) is 9.25. The van der Waals surface area contributed by atoms with Gasteiger partial charge in [-0.3, -0.25) is 4.79 Å². The minimum Gasteiger partial charge on any atom is -0.487 e. The van der Waals surface area contributed by atoms with E-state index < -0.39 is 5.91 Å². The number of hydrogen-bond acceptors (Lipinski definition) is 3. The third-order valence-electron chi connectivity index (χ3n) is 4.46. The third-order valence-corrected chi connectivity index (χ3v) is 6.06. The molecule has 0 aliphatic carbocycles. The van der Waals surface area contributed by atoms with Crippen LogP contribution < -0.4 is 10.1 Å². The number of aryl methyl sites for hydroxylation is 1. The van der Waals surface area contributed by atoms with E-state index in [1.54, 1.807) is 6.08 Å². The zero-order chi connectivity index (χ0) is 22.2. The molecule has 6 heteroatoms. The van der Waals surface area contributed by atoms with Gasteiger partial charge in [-0.2, -0.15) is 5.26 Å². The Bertz CT molecular complexity index is 1130. The molecule has 0 spiro atoms. The molecule has 1 amide bonds. The molecule has 3 rings (SSSR count). The molecule has 0 heterocycles. The van der Waals surface area contributed by atoms with Crippen LogP contribution in [0.4, 0.5) is 0 Å². The highest BCUT2D eigenvalue weighted by atomic mass is 127. The third kappa shape index (κ3) is 6.80. The quantitative estimate of drug-likeness (QED) is 0.197. The first-order chi connectivity index (χ1) is 15.0. The number of hydrogen-bond donors (Lipinski definition) is 1. The fourth-order valence-electron chi connectivity index (χ4n) is 2.95. The van der Waals surface area contributed by atoms with Crippen molar-refractivity contribution in [2.45, 2.75) is 20.1 Å². The van der Waals surface area contributed by atoms with Crippen molar-refractivity contribution >= 4 is 57.2 Å². The van der Waals surface area contributed by atoms with Crippen LogP contribution >= 0.6 is 45.2 Å². The zero-order valence-electron chi connectivity index (χ0n) is 16.9. The minimum atomic E-state index is -0.392. The Morgan fingerprint density at radius 1 is 1.03 bits per heavy atom. The van der Waals surface area contributed by atoms with Gasteiger partial charge in [-0.05, 0) is 87.0 Å². The first-order valence-corrected chi connectivity index (χ1v) is 11.7. The lowest BCUT2D eigenvalue weighted by Gasteiger charge is -2.12. The molecular weight excluding hydrogens is 614 g/mol. The van der Waals surface area contributed by atoms with Crippen LogP contribution in [0.3, 0.4) is 0 Å². The van der Waals surface area contributed by atoms with E-state index in [2.05, 4.69) is 69.6 Å². The molecule has 0 aliphatic rings. The molecule has 0 saturated heterocycles. The van der Waals surface area contributed by atoms with E-state index in [0.29, 0.717) is 13.2 Å².